The highest BCUT2D eigenvalue weighted by Gasteiger charge is 2.30. The van der Waals surface area contributed by atoms with Crippen molar-refractivity contribution < 1.29 is 9.53 Å². The zero-order valence-corrected chi connectivity index (χ0v) is 21.2. The maximum Gasteiger partial charge on any atom is 0.260 e. The lowest BCUT2D eigenvalue weighted by atomic mass is 9.94. The second-order valence-corrected chi connectivity index (χ2v) is 10.1. The topological polar surface area (TPSA) is 65.0 Å². The molecule has 2 aromatic rings. The zero-order valence-electron chi connectivity index (χ0n) is 21.2. The van der Waals surface area contributed by atoms with Gasteiger partial charge in [-0.3, -0.25) is 9.69 Å². The van der Waals surface area contributed by atoms with E-state index in [0.717, 1.165) is 61.7 Å². The molecule has 1 amide bonds. The van der Waals surface area contributed by atoms with Crippen LogP contribution in [0.3, 0.4) is 0 Å². The van der Waals surface area contributed by atoms with Gasteiger partial charge in [-0.15, -0.1) is 0 Å². The quantitative estimate of drug-likeness (QED) is 0.632. The van der Waals surface area contributed by atoms with Gasteiger partial charge in [0, 0.05) is 64.8 Å². The smallest absolute Gasteiger partial charge is 0.260 e. The highest BCUT2D eigenvalue weighted by molar-refractivity contribution is 5.78. The molecule has 8 nitrogen and oxygen atoms in total. The Labute approximate surface area is 208 Å². The van der Waals surface area contributed by atoms with Crippen molar-refractivity contribution in [2.45, 2.75) is 51.1 Å². The van der Waals surface area contributed by atoms with Crippen molar-refractivity contribution >= 4 is 17.7 Å². The standard InChI is InChI=1S/C27H38N6O2/c1-30(2)26-23-19-33(25(34)20-35-22-11-7-4-8-12-22)14-13-24(23)28-27(29-26)32-17-15-31(16-18-32)21-9-5-3-6-10-21/h4,7-8,11-12,21H,3,5-6,9-10,13-20H2,1-2H3. The number of aromatic nitrogens is 2. The molecule has 5 rings (SSSR count). The molecular weight excluding hydrogens is 440 g/mol. The number of anilines is 2. The first-order valence-corrected chi connectivity index (χ1v) is 13.1. The van der Waals surface area contributed by atoms with Gasteiger partial charge in [0.15, 0.2) is 6.61 Å². The number of benzene rings is 1. The Balaban J connectivity index is 1.25. The van der Waals surface area contributed by atoms with Crippen LogP contribution in [0.2, 0.25) is 0 Å². The lowest BCUT2D eigenvalue weighted by Gasteiger charge is -2.41. The normalized spacial score (nSPS) is 19.4. The summed E-state index contributed by atoms with van der Waals surface area (Å²) in [7, 11) is 4.04. The molecule has 188 valence electrons. The van der Waals surface area contributed by atoms with Gasteiger partial charge in [0.1, 0.15) is 11.6 Å². The summed E-state index contributed by atoms with van der Waals surface area (Å²) in [5.74, 6) is 2.46. The number of carbonyl (C=O) groups is 1. The molecule has 3 aliphatic rings. The van der Waals surface area contributed by atoms with Crippen LogP contribution < -0.4 is 14.5 Å². The lowest BCUT2D eigenvalue weighted by Crippen LogP contribution is -2.51. The second kappa shape index (κ2) is 10.8. The van der Waals surface area contributed by atoms with Crippen LogP contribution >= 0.6 is 0 Å². The molecule has 3 heterocycles. The molecule has 1 aliphatic carbocycles. The summed E-state index contributed by atoms with van der Waals surface area (Å²) in [5, 5.41) is 0. The first-order chi connectivity index (χ1) is 17.1. The van der Waals surface area contributed by atoms with E-state index in [2.05, 4.69) is 14.7 Å². The molecule has 0 atom stereocenters. The molecule has 35 heavy (non-hydrogen) atoms. The lowest BCUT2D eigenvalue weighted by molar-refractivity contribution is -0.134. The second-order valence-electron chi connectivity index (χ2n) is 10.1. The van der Waals surface area contributed by atoms with Crippen LogP contribution in [0.5, 0.6) is 5.75 Å². The van der Waals surface area contributed by atoms with Crippen molar-refractivity contribution in [3.8, 4) is 5.75 Å². The van der Waals surface area contributed by atoms with Gasteiger partial charge in [-0.05, 0) is 25.0 Å². The van der Waals surface area contributed by atoms with Gasteiger partial charge in [-0.25, -0.2) is 4.98 Å². The highest BCUT2D eigenvalue weighted by atomic mass is 16.5. The SMILES string of the molecule is CN(C)c1nc(N2CCN(C3CCCCC3)CC2)nc2c1CN(C(=O)COc1ccccc1)CC2. The summed E-state index contributed by atoms with van der Waals surface area (Å²) in [6.07, 6.45) is 7.60. The molecule has 0 radical (unpaired) electrons. The summed E-state index contributed by atoms with van der Waals surface area (Å²) in [6, 6.07) is 10.3. The van der Waals surface area contributed by atoms with Crippen LogP contribution in [0.4, 0.5) is 11.8 Å². The van der Waals surface area contributed by atoms with Crippen LogP contribution in [0.25, 0.3) is 0 Å². The third kappa shape index (κ3) is 5.53. The predicted octanol–water partition coefficient (Wildman–Crippen LogP) is 2.96. The van der Waals surface area contributed by atoms with Gasteiger partial charge in [0.2, 0.25) is 5.95 Å². The number of ether oxygens (including phenoxy) is 1. The summed E-state index contributed by atoms with van der Waals surface area (Å²) in [5.41, 5.74) is 2.13. The largest absolute Gasteiger partial charge is 0.484 e. The zero-order chi connectivity index (χ0) is 24.2. The van der Waals surface area contributed by atoms with E-state index in [1.54, 1.807) is 0 Å². The Bertz CT molecular complexity index is 1000. The van der Waals surface area contributed by atoms with Crippen molar-refractivity contribution in [2.24, 2.45) is 0 Å². The maximum atomic E-state index is 12.9. The van der Waals surface area contributed by atoms with Crippen molar-refractivity contribution in [1.29, 1.82) is 0 Å². The van der Waals surface area contributed by atoms with Crippen LogP contribution in [0.1, 0.15) is 43.4 Å². The molecule has 0 bridgehead atoms. The van der Waals surface area contributed by atoms with E-state index < -0.39 is 0 Å². The van der Waals surface area contributed by atoms with E-state index in [-0.39, 0.29) is 12.5 Å². The number of hydrogen-bond acceptors (Lipinski definition) is 7. The summed E-state index contributed by atoms with van der Waals surface area (Å²) in [4.78, 5) is 31.8. The minimum atomic E-state index is -0.00730. The molecular formula is C27H38N6O2. The summed E-state index contributed by atoms with van der Waals surface area (Å²) >= 11 is 0. The Kier molecular flexibility index (Phi) is 7.37. The van der Waals surface area contributed by atoms with E-state index in [1.807, 2.05) is 49.3 Å². The fourth-order valence-corrected chi connectivity index (χ4v) is 5.59. The number of piperazine rings is 1. The van der Waals surface area contributed by atoms with E-state index in [1.165, 1.54) is 32.1 Å². The van der Waals surface area contributed by atoms with E-state index in [4.69, 9.17) is 14.7 Å². The van der Waals surface area contributed by atoms with Gasteiger partial charge in [0.05, 0.1) is 12.2 Å². The average molecular weight is 479 g/mol. The first-order valence-electron chi connectivity index (χ1n) is 13.1. The molecule has 1 saturated carbocycles. The summed E-state index contributed by atoms with van der Waals surface area (Å²) in [6.45, 7) is 5.35. The molecule has 1 aromatic carbocycles. The van der Waals surface area contributed by atoms with Crippen LogP contribution in [0, 0.1) is 0 Å². The van der Waals surface area contributed by atoms with Gasteiger partial charge in [-0.2, -0.15) is 4.98 Å². The molecule has 0 spiro atoms. The van der Waals surface area contributed by atoms with Crippen LogP contribution in [0.15, 0.2) is 30.3 Å². The third-order valence-electron chi connectivity index (χ3n) is 7.60. The van der Waals surface area contributed by atoms with Crippen LogP contribution in [-0.2, 0) is 17.8 Å². The maximum absolute atomic E-state index is 12.9. The minimum absolute atomic E-state index is 0.00730. The van der Waals surface area contributed by atoms with Crippen molar-refractivity contribution in [3.05, 3.63) is 41.6 Å². The fraction of sp³-hybridized carbons (Fsp3) is 0.593. The number of para-hydroxylation sites is 1. The van der Waals surface area contributed by atoms with Gasteiger partial charge in [0.25, 0.3) is 5.91 Å². The Morgan fingerprint density at radius 3 is 2.46 bits per heavy atom. The highest BCUT2D eigenvalue weighted by Crippen LogP contribution is 2.29. The summed E-state index contributed by atoms with van der Waals surface area (Å²) < 4.78 is 5.69. The Morgan fingerprint density at radius 2 is 1.74 bits per heavy atom. The Morgan fingerprint density at radius 1 is 1.00 bits per heavy atom. The molecule has 8 heteroatoms. The number of fused-ring (bicyclic) bond motifs is 1. The Hall–Kier alpha value is -2.87. The number of amides is 1. The molecule has 0 N–H and O–H groups in total. The first kappa shape index (κ1) is 23.9. The van der Waals surface area contributed by atoms with Gasteiger partial charge < -0.3 is 19.4 Å². The van der Waals surface area contributed by atoms with Crippen molar-refractivity contribution in [1.82, 2.24) is 19.8 Å². The van der Waals surface area contributed by atoms with Crippen molar-refractivity contribution in [3.63, 3.8) is 0 Å². The van der Waals surface area contributed by atoms with Gasteiger partial charge >= 0.3 is 0 Å². The average Bonchev–Trinajstić information content (AvgIpc) is 2.92. The molecule has 2 aliphatic heterocycles. The third-order valence-corrected chi connectivity index (χ3v) is 7.60. The molecule has 1 saturated heterocycles. The molecule has 1 aromatic heterocycles. The van der Waals surface area contributed by atoms with E-state index >= 15 is 0 Å². The monoisotopic (exact) mass is 478 g/mol. The number of nitrogens with zero attached hydrogens (tertiary/aromatic N) is 6. The number of carbonyl (C=O) groups excluding carboxylic acids is 1. The van der Waals surface area contributed by atoms with E-state index in [0.29, 0.717) is 18.8 Å². The van der Waals surface area contributed by atoms with Crippen molar-refractivity contribution in [2.75, 3.05) is 63.2 Å². The van der Waals surface area contributed by atoms with E-state index in [9.17, 15) is 4.79 Å². The minimum Gasteiger partial charge on any atom is -0.484 e. The molecule has 0 unspecified atom stereocenters. The predicted molar refractivity (Wildman–Crippen MR) is 138 cm³/mol. The number of hydrogen-bond donors (Lipinski definition) is 0. The number of rotatable bonds is 6. The van der Waals surface area contributed by atoms with Gasteiger partial charge in [-0.1, -0.05) is 37.5 Å². The fourth-order valence-electron chi connectivity index (χ4n) is 5.59. The van der Waals surface area contributed by atoms with Crippen LogP contribution in [-0.4, -0.2) is 85.1 Å². The molecule has 2 fully saturated rings.